The third kappa shape index (κ3) is 4.53. The monoisotopic (exact) mass is 475 g/mol. The number of ketones is 1. The van der Waals surface area contributed by atoms with E-state index in [4.69, 9.17) is 14.2 Å². The third-order valence-electron chi connectivity index (χ3n) is 5.49. The Balaban J connectivity index is 2.20. The maximum Gasteiger partial charge on any atom is 0.240 e. The Morgan fingerprint density at radius 3 is 2.21 bits per heavy atom. The molecule has 1 aromatic heterocycles. The lowest BCUT2D eigenvalue weighted by Gasteiger charge is -2.28. The first kappa shape index (κ1) is 24.5. The summed E-state index contributed by atoms with van der Waals surface area (Å²) in [6.45, 7) is 4.41. The summed E-state index contributed by atoms with van der Waals surface area (Å²) >= 11 is 1.21. The molecule has 1 aliphatic rings. The second kappa shape index (κ2) is 9.80. The third-order valence-corrected chi connectivity index (χ3v) is 6.57. The Morgan fingerprint density at radius 1 is 1.15 bits per heavy atom. The first-order valence-electron chi connectivity index (χ1n) is 10.4. The van der Waals surface area contributed by atoms with Crippen molar-refractivity contribution in [1.29, 1.82) is 0 Å². The van der Waals surface area contributed by atoms with Crippen LogP contribution in [0.4, 0.5) is 0 Å². The van der Waals surface area contributed by atoms with Gasteiger partial charge in [-0.05, 0) is 37.3 Å². The van der Waals surface area contributed by atoms with E-state index in [1.807, 2.05) is 14.1 Å². The molecule has 1 N–H and O–H groups in total. The van der Waals surface area contributed by atoms with Gasteiger partial charge < -0.3 is 29.1 Å². The number of amides is 1. The number of methoxy groups -OCH3 is 3. The fraction of sp³-hybridized carbons (Fsp3) is 0.435. The summed E-state index contributed by atoms with van der Waals surface area (Å²) in [7, 11) is 8.37. The molecular weight excluding hydrogens is 446 g/mol. The van der Waals surface area contributed by atoms with Crippen LogP contribution in [0.25, 0.3) is 0 Å². The number of nitrogens with one attached hydrogen (secondary N) is 1. The normalized spacial score (nSPS) is 16.1. The van der Waals surface area contributed by atoms with Gasteiger partial charge in [0, 0.05) is 5.57 Å². The van der Waals surface area contributed by atoms with Gasteiger partial charge >= 0.3 is 0 Å². The number of quaternary nitrogens is 1. The van der Waals surface area contributed by atoms with Gasteiger partial charge in [0.25, 0.3) is 0 Å². The lowest BCUT2D eigenvalue weighted by molar-refractivity contribution is -0.857. The number of hydrogen-bond acceptors (Lipinski definition) is 8. The van der Waals surface area contributed by atoms with Gasteiger partial charge in [0.05, 0.1) is 70.1 Å². The lowest BCUT2D eigenvalue weighted by Crippen LogP contribution is -3.06. The molecule has 0 spiro atoms. The van der Waals surface area contributed by atoms with Crippen LogP contribution in [0, 0.1) is 13.8 Å². The predicted octanol–water partition coefficient (Wildman–Crippen LogP) is 0.311. The van der Waals surface area contributed by atoms with Gasteiger partial charge in [-0.3, -0.25) is 9.59 Å². The summed E-state index contributed by atoms with van der Waals surface area (Å²) < 4.78 is 16.3. The van der Waals surface area contributed by atoms with Gasteiger partial charge in [-0.1, -0.05) is 0 Å². The molecule has 1 aliphatic heterocycles. The average molecular weight is 476 g/mol. The first-order chi connectivity index (χ1) is 15.6. The molecule has 2 heterocycles. The van der Waals surface area contributed by atoms with Crippen molar-refractivity contribution in [3.05, 3.63) is 44.6 Å². The average Bonchev–Trinajstić information content (AvgIpc) is 3.25. The maximum atomic E-state index is 13.6. The molecule has 0 saturated heterocycles. The Hall–Kier alpha value is -3.11. The zero-order valence-corrected chi connectivity index (χ0v) is 20.7. The van der Waals surface area contributed by atoms with E-state index in [-0.39, 0.29) is 5.57 Å². The summed E-state index contributed by atoms with van der Waals surface area (Å²) in [5, 5.41) is 13.9. The van der Waals surface area contributed by atoms with Crippen LogP contribution in [0.2, 0.25) is 0 Å². The summed E-state index contributed by atoms with van der Waals surface area (Å²) in [5.74, 6) is -0.850. The number of carbonyl (C=O) groups is 2. The van der Waals surface area contributed by atoms with Crippen molar-refractivity contribution in [1.82, 2.24) is 9.88 Å². The summed E-state index contributed by atoms with van der Waals surface area (Å²) in [6.07, 6.45) is 0. The molecule has 9 nitrogen and oxygen atoms in total. The smallest absolute Gasteiger partial charge is 0.240 e. The maximum absolute atomic E-state index is 13.6. The largest absolute Gasteiger partial charge is 0.868 e. The Labute approximate surface area is 197 Å². The molecule has 178 valence electrons. The van der Waals surface area contributed by atoms with Crippen LogP contribution in [0.15, 0.2) is 23.5 Å². The summed E-state index contributed by atoms with van der Waals surface area (Å²) in [6, 6.07) is 2.46. The minimum absolute atomic E-state index is 0.0882. The first-order valence-corrected chi connectivity index (χ1v) is 11.3. The van der Waals surface area contributed by atoms with Gasteiger partial charge in [0.15, 0.2) is 11.5 Å². The predicted molar refractivity (Wildman–Crippen MR) is 121 cm³/mol. The van der Waals surface area contributed by atoms with Crippen LogP contribution in [0.3, 0.4) is 0 Å². The van der Waals surface area contributed by atoms with Gasteiger partial charge in [0.1, 0.15) is 0 Å². The second-order valence-corrected chi connectivity index (χ2v) is 9.24. The highest BCUT2D eigenvalue weighted by atomic mass is 32.1. The minimum Gasteiger partial charge on any atom is -0.868 e. The molecule has 1 atom stereocenters. The number of hydrogen-bond donors (Lipinski definition) is 1. The SMILES string of the molecule is COc1cc(C2C(C(=O)c3sc(C)nc3C)=C([O-])C(=O)N2CC[NH+](C)C)cc(OC)c1OC. The molecule has 10 heteroatoms. The van der Waals surface area contributed by atoms with Crippen molar-refractivity contribution in [2.75, 3.05) is 48.5 Å². The molecule has 0 radical (unpaired) electrons. The van der Waals surface area contributed by atoms with Crippen molar-refractivity contribution in [2.24, 2.45) is 0 Å². The van der Waals surface area contributed by atoms with E-state index in [2.05, 4.69) is 4.98 Å². The van der Waals surface area contributed by atoms with Crippen molar-refractivity contribution in [3.63, 3.8) is 0 Å². The number of thiazole rings is 1. The molecule has 0 saturated carbocycles. The van der Waals surface area contributed by atoms with Crippen molar-refractivity contribution in [2.45, 2.75) is 19.9 Å². The molecule has 0 fully saturated rings. The molecule has 1 unspecified atom stereocenters. The lowest BCUT2D eigenvalue weighted by atomic mass is 9.94. The van der Waals surface area contributed by atoms with Crippen LogP contribution in [0.5, 0.6) is 17.2 Å². The van der Waals surface area contributed by atoms with E-state index < -0.39 is 23.5 Å². The van der Waals surface area contributed by atoms with Crippen LogP contribution >= 0.6 is 11.3 Å². The molecule has 1 aromatic carbocycles. The highest BCUT2D eigenvalue weighted by Crippen LogP contribution is 2.45. The molecule has 1 amide bonds. The van der Waals surface area contributed by atoms with Crippen molar-refractivity contribution in [3.8, 4) is 17.2 Å². The number of rotatable bonds is 9. The number of aromatic nitrogens is 1. The van der Waals surface area contributed by atoms with Gasteiger partial charge in [0.2, 0.25) is 17.4 Å². The van der Waals surface area contributed by atoms with Crippen LogP contribution in [-0.4, -0.2) is 70.1 Å². The van der Waals surface area contributed by atoms with E-state index in [0.29, 0.717) is 51.5 Å². The van der Waals surface area contributed by atoms with Gasteiger partial charge in [-0.2, -0.15) is 0 Å². The molecule has 2 aromatic rings. The van der Waals surface area contributed by atoms with E-state index in [9.17, 15) is 14.7 Å². The van der Waals surface area contributed by atoms with Crippen LogP contribution < -0.4 is 24.2 Å². The highest BCUT2D eigenvalue weighted by Gasteiger charge is 2.41. The summed E-state index contributed by atoms with van der Waals surface area (Å²) in [5.41, 5.74) is 0.976. The second-order valence-electron chi connectivity index (χ2n) is 8.04. The molecule has 0 aliphatic carbocycles. The fourth-order valence-electron chi connectivity index (χ4n) is 3.92. The molecule has 0 bridgehead atoms. The van der Waals surface area contributed by atoms with Gasteiger partial charge in [-0.25, -0.2) is 4.98 Å². The molecular formula is C23H29N3O6S. The highest BCUT2D eigenvalue weighted by molar-refractivity contribution is 7.14. The number of Topliss-reactive ketones (excluding diaryl/α,β-unsaturated/α-hetero) is 1. The summed E-state index contributed by atoms with van der Waals surface area (Å²) in [4.78, 5) is 33.9. The Bertz CT molecular complexity index is 1080. The van der Waals surface area contributed by atoms with Crippen LogP contribution in [0.1, 0.15) is 32.0 Å². The topological polar surface area (TPSA) is 105 Å². The zero-order chi connectivity index (χ0) is 24.4. The van der Waals surface area contributed by atoms with E-state index in [1.165, 1.54) is 37.6 Å². The Morgan fingerprint density at radius 2 is 1.76 bits per heavy atom. The van der Waals surface area contributed by atoms with E-state index >= 15 is 0 Å². The quantitative estimate of drug-likeness (QED) is 0.521. The zero-order valence-electron chi connectivity index (χ0n) is 19.9. The molecule has 3 rings (SSSR count). The minimum atomic E-state index is -0.882. The van der Waals surface area contributed by atoms with Gasteiger partial charge in [-0.15, -0.1) is 11.3 Å². The molecule has 33 heavy (non-hydrogen) atoms. The standard InChI is InChI=1S/C23H29N3O6S/c1-12-22(33-13(2)24-12)19(27)17-18(26(9-8-25(3)4)23(29)20(17)28)14-10-15(30-5)21(32-7)16(11-14)31-6/h10-11,18,28H,8-9H2,1-7H3. The number of ether oxygens (including phenoxy) is 3. The van der Waals surface area contributed by atoms with E-state index in [0.717, 1.165) is 4.90 Å². The number of aryl methyl sites for hydroxylation is 2. The van der Waals surface area contributed by atoms with E-state index in [1.54, 1.807) is 26.0 Å². The number of benzene rings is 1. The fourth-order valence-corrected chi connectivity index (χ4v) is 4.79. The number of carbonyl (C=O) groups excluding carboxylic acids is 2. The Kier molecular flexibility index (Phi) is 7.28. The number of likely N-dealkylation sites (N-methyl/N-ethyl adjacent to an activating group) is 1. The van der Waals surface area contributed by atoms with Crippen molar-refractivity contribution < 1.29 is 33.8 Å². The van der Waals surface area contributed by atoms with Crippen LogP contribution in [-0.2, 0) is 4.79 Å². The van der Waals surface area contributed by atoms with Crippen molar-refractivity contribution >= 4 is 23.0 Å². The number of nitrogens with zero attached hydrogens (tertiary/aromatic N) is 2.